The zero-order chi connectivity index (χ0) is 20.4. The fourth-order valence-electron chi connectivity index (χ4n) is 4.32. The van der Waals surface area contributed by atoms with Gasteiger partial charge in [-0.1, -0.05) is 36.4 Å². The van der Waals surface area contributed by atoms with E-state index in [1.807, 2.05) is 6.07 Å². The first-order valence-electron chi connectivity index (χ1n) is 10.0. The Bertz CT molecular complexity index is 943. The van der Waals surface area contributed by atoms with Gasteiger partial charge in [0.1, 0.15) is 11.4 Å². The minimum absolute atomic E-state index is 0.0707. The summed E-state index contributed by atoms with van der Waals surface area (Å²) in [4.78, 5) is 26.0. The number of ketones is 1. The van der Waals surface area contributed by atoms with Crippen LogP contribution in [0.25, 0.3) is 6.08 Å². The van der Waals surface area contributed by atoms with Gasteiger partial charge in [-0.3, -0.25) is 9.69 Å². The van der Waals surface area contributed by atoms with Crippen molar-refractivity contribution in [2.75, 3.05) is 13.1 Å². The summed E-state index contributed by atoms with van der Waals surface area (Å²) in [5.41, 5.74) is 2.10. The highest BCUT2D eigenvalue weighted by Gasteiger charge is 2.43. The Balaban J connectivity index is 1.47. The molecule has 2 aliphatic heterocycles. The third kappa shape index (κ3) is 4.10. The highest BCUT2D eigenvalue weighted by molar-refractivity contribution is 6.01. The maximum atomic E-state index is 12.9. The van der Waals surface area contributed by atoms with E-state index >= 15 is 0 Å². The van der Waals surface area contributed by atoms with E-state index in [1.165, 1.54) is 11.6 Å². The number of carbonyl (C=O) groups is 2. The van der Waals surface area contributed by atoms with Crippen molar-refractivity contribution in [2.45, 2.75) is 37.8 Å². The van der Waals surface area contributed by atoms with Crippen LogP contribution in [-0.2, 0) is 4.79 Å². The summed E-state index contributed by atoms with van der Waals surface area (Å²) < 4.78 is 6.36. The lowest BCUT2D eigenvalue weighted by Gasteiger charge is -2.45. The first-order valence-corrected chi connectivity index (χ1v) is 10.0. The lowest BCUT2D eigenvalue weighted by Crippen LogP contribution is -2.51. The van der Waals surface area contributed by atoms with Gasteiger partial charge in [-0.25, -0.2) is 4.79 Å². The summed E-state index contributed by atoms with van der Waals surface area (Å²) in [6.45, 7) is 4.00. The second kappa shape index (κ2) is 7.84. The normalized spacial score (nSPS) is 19.7. The van der Waals surface area contributed by atoms with Crippen LogP contribution in [0.15, 0.2) is 54.6 Å². The summed E-state index contributed by atoms with van der Waals surface area (Å²) in [7, 11) is 0. The molecule has 2 aromatic rings. The Morgan fingerprint density at radius 2 is 1.90 bits per heavy atom. The Kier molecular flexibility index (Phi) is 5.24. The quantitative estimate of drug-likeness (QED) is 0.785. The van der Waals surface area contributed by atoms with Crippen LogP contribution in [0, 0.1) is 0 Å². The van der Waals surface area contributed by atoms with Crippen LogP contribution in [0.1, 0.15) is 53.7 Å². The molecule has 29 heavy (non-hydrogen) atoms. The number of fused-ring (bicyclic) bond motifs is 1. The molecule has 4 rings (SSSR count). The molecule has 5 heteroatoms. The molecule has 0 bridgehead atoms. The zero-order valence-electron chi connectivity index (χ0n) is 16.5. The van der Waals surface area contributed by atoms with Crippen molar-refractivity contribution in [3.63, 3.8) is 0 Å². The molecule has 2 aromatic carbocycles. The van der Waals surface area contributed by atoms with E-state index < -0.39 is 11.6 Å². The highest BCUT2D eigenvalue weighted by atomic mass is 16.5. The molecule has 2 aliphatic rings. The maximum Gasteiger partial charge on any atom is 0.328 e. The van der Waals surface area contributed by atoms with Crippen LogP contribution in [-0.4, -0.2) is 40.4 Å². The number of benzene rings is 2. The fraction of sp³-hybridized carbons (Fsp3) is 0.333. The number of hydrogen-bond acceptors (Lipinski definition) is 4. The number of ether oxygens (including phenoxy) is 1. The van der Waals surface area contributed by atoms with Gasteiger partial charge in [0.2, 0.25) is 0 Å². The molecule has 0 amide bonds. The van der Waals surface area contributed by atoms with E-state index in [2.05, 4.69) is 36.1 Å². The molecule has 1 saturated heterocycles. The molecule has 150 valence electrons. The van der Waals surface area contributed by atoms with Crippen molar-refractivity contribution in [2.24, 2.45) is 0 Å². The number of carbonyl (C=O) groups excluding carboxylic acids is 1. The molecule has 1 fully saturated rings. The van der Waals surface area contributed by atoms with Crippen molar-refractivity contribution < 1.29 is 19.4 Å². The van der Waals surface area contributed by atoms with E-state index in [0.29, 0.717) is 29.3 Å². The molecular weight excluding hydrogens is 366 g/mol. The first kappa shape index (κ1) is 19.4. The average molecular weight is 391 g/mol. The maximum absolute atomic E-state index is 12.9. The standard InChI is InChI=1S/C24H25NO4/c1-17(19-5-3-2-4-6-19)25-13-11-24(12-14-25)16-21(26)20-15-18(8-10-23(27)28)7-9-22(20)29-24/h2-10,15,17H,11-14,16H2,1H3,(H,27,28)/b10-8+. The van der Waals surface area contributed by atoms with Gasteiger partial charge in [-0.15, -0.1) is 0 Å². The van der Waals surface area contributed by atoms with Gasteiger partial charge in [0.25, 0.3) is 0 Å². The topological polar surface area (TPSA) is 66.8 Å². The Hall–Kier alpha value is -2.92. The number of aliphatic carboxylic acids is 1. The van der Waals surface area contributed by atoms with Crippen molar-refractivity contribution in [3.8, 4) is 5.75 Å². The van der Waals surface area contributed by atoms with Crippen LogP contribution >= 0.6 is 0 Å². The number of likely N-dealkylation sites (tertiary alicyclic amines) is 1. The van der Waals surface area contributed by atoms with Gasteiger partial charge in [0, 0.05) is 38.0 Å². The summed E-state index contributed by atoms with van der Waals surface area (Å²) in [6.07, 6.45) is 4.57. The molecular formula is C24H25NO4. The van der Waals surface area contributed by atoms with Crippen molar-refractivity contribution in [1.29, 1.82) is 0 Å². The van der Waals surface area contributed by atoms with Crippen LogP contribution in [0.2, 0.25) is 0 Å². The van der Waals surface area contributed by atoms with Crippen LogP contribution < -0.4 is 4.74 Å². The highest BCUT2D eigenvalue weighted by Crippen LogP contribution is 2.41. The molecule has 2 heterocycles. The van der Waals surface area contributed by atoms with Crippen LogP contribution in [0.3, 0.4) is 0 Å². The number of Topliss-reactive ketones (excluding diaryl/α,β-unsaturated/α-hetero) is 1. The molecule has 1 N–H and O–H groups in total. The smallest absolute Gasteiger partial charge is 0.328 e. The van der Waals surface area contributed by atoms with Crippen LogP contribution in [0.5, 0.6) is 5.75 Å². The van der Waals surface area contributed by atoms with E-state index in [0.717, 1.165) is 32.0 Å². The molecule has 0 aromatic heterocycles. The van der Waals surface area contributed by atoms with Crippen molar-refractivity contribution in [1.82, 2.24) is 4.90 Å². The van der Waals surface area contributed by atoms with Crippen molar-refractivity contribution >= 4 is 17.8 Å². The van der Waals surface area contributed by atoms with Gasteiger partial charge in [0.05, 0.1) is 12.0 Å². The lowest BCUT2D eigenvalue weighted by molar-refractivity contribution is -0.131. The predicted molar refractivity (Wildman–Crippen MR) is 111 cm³/mol. The second-order valence-electron chi connectivity index (χ2n) is 7.93. The Morgan fingerprint density at radius 1 is 1.17 bits per heavy atom. The average Bonchev–Trinajstić information content (AvgIpc) is 2.73. The lowest BCUT2D eigenvalue weighted by atomic mass is 9.81. The summed E-state index contributed by atoms with van der Waals surface area (Å²) in [6, 6.07) is 16.1. The first-order chi connectivity index (χ1) is 14.0. The molecule has 5 nitrogen and oxygen atoms in total. The zero-order valence-corrected chi connectivity index (χ0v) is 16.5. The van der Waals surface area contributed by atoms with Gasteiger partial charge in [0.15, 0.2) is 5.78 Å². The summed E-state index contributed by atoms with van der Waals surface area (Å²) in [5, 5.41) is 8.78. The summed E-state index contributed by atoms with van der Waals surface area (Å²) in [5.74, 6) is -0.333. The second-order valence-corrected chi connectivity index (χ2v) is 7.93. The third-order valence-electron chi connectivity index (χ3n) is 6.07. The minimum atomic E-state index is -1.01. The van der Waals surface area contributed by atoms with E-state index in [4.69, 9.17) is 9.84 Å². The number of carboxylic acid groups (broad SMARTS) is 1. The molecule has 1 atom stereocenters. The number of nitrogens with zero attached hydrogens (tertiary/aromatic N) is 1. The monoisotopic (exact) mass is 391 g/mol. The van der Waals surface area contributed by atoms with E-state index in [1.54, 1.807) is 18.2 Å². The van der Waals surface area contributed by atoms with Gasteiger partial charge < -0.3 is 9.84 Å². The molecule has 1 spiro atoms. The summed E-state index contributed by atoms with van der Waals surface area (Å²) >= 11 is 0. The molecule has 0 radical (unpaired) electrons. The van der Waals surface area contributed by atoms with Gasteiger partial charge in [-0.05, 0) is 36.3 Å². The van der Waals surface area contributed by atoms with Crippen molar-refractivity contribution in [3.05, 3.63) is 71.3 Å². The molecule has 0 aliphatic carbocycles. The number of carboxylic acids is 1. The fourth-order valence-corrected chi connectivity index (χ4v) is 4.32. The van der Waals surface area contributed by atoms with Crippen LogP contribution in [0.4, 0.5) is 0 Å². The minimum Gasteiger partial charge on any atom is -0.486 e. The third-order valence-corrected chi connectivity index (χ3v) is 6.07. The number of hydrogen-bond donors (Lipinski definition) is 1. The largest absolute Gasteiger partial charge is 0.486 e. The molecule has 0 saturated carbocycles. The SMILES string of the molecule is CC(c1ccccc1)N1CCC2(CC1)CC(=O)c1cc(/C=C/C(=O)O)ccc1O2. The number of rotatable bonds is 4. The molecule has 1 unspecified atom stereocenters. The Labute approximate surface area is 170 Å². The van der Waals surface area contributed by atoms with E-state index in [9.17, 15) is 9.59 Å². The predicted octanol–water partition coefficient (Wildman–Crippen LogP) is 4.35. The van der Waals surface area contributed by atoms with Gasteiger partial charge >= 0.3 is 5.97 Å². The Morgan fingerprint density at radius 3 is 2.59 bits per heavy atom. The van der Waals surface area contributed by atoms with Gasteiger partial charge in [-0.2, -0.15) is 0 Å². The van der Waals surface area contributed by atoms with E-state index in [-0.39, 0.29) is 5.78 Å². The number of piperidine rings is 1.